The molecule has 7 nitrogen and oxygen atoms in total. The molecule has 2 N–H and O–H groups in total. The minimum Gasteiger partial charge on any atom is -0.379 e. The summed E-state index contributed by atoms with van der Waals surface area (Å²) in [6.45, 7) is 3.39. The Balaban J connectivity index is 1.21. The highest BCUT2D eigenvalue weighted by molar-refractivity contribution is 7.99. The summed E-state index contributed by atoms with van der Waals surface area (Å²) in [7, 11) is 0. The maximum Gasteiger partial charge on any atom is 0.259 e. The summed E-state index contributed by atoms with van der Waals surface area (Å²) in [5.41, 5.74) is 0.996. The van der Waals surface area contributed by atoms with Crippen LogP contribution in [0.5, 0.6) is 0 Å². The minimum atomic E-state index is -0.436. The van der Waals surface area contributed by atoms with Gasteiger partial charge in [0.15, 0.2) is 0 Å². The Bertz CT molecular complexity index is 1200. The number of halogens is 2. The van der Waals surface area contributed by atoms with Gasteiger partial charge in [-0.3, -0.25) is 14.4 Å². The Morgan fingerprint density at radius 3 is 2.67 bits per heavy atom. The summed E-state index contributed by atoms with van der Waals surface area (Å²) in [6.07, 6.45) is 6.24. The van der Waals surface area contributed by atoms with Gasteiger partial charge in [-0.2, -0.15) is 5.26 Å². The molecule has 0 aromatic heterocycles. The average Bonchev–Trinajstić information content (AvgIpc) is 3.77. The van der Waals surface area contributed by atoms with E-state index >= 15 is 0 Å². The Kier molecular flexibility index (Phi) is 10.5. The average molecular weight is 605 g/mol. The second kappa shape index (κ2) is 14.3. The third kappa shape index (κ3) is 8.51. The van der Waals surface area contributed by atoms with E-state index < -0.39 is 6.10 Å². The highest BCUT2D eigenvalue weighted by atomic mass is 35.5. The molecule has 2 heterocycles. The molecule has 11 heteroatoms. The van der Waals surface area contributed by atoms with E-state index in [2.05, 4.69) is 21.0 Å². The molecule has 0 radical (unpaired) electrons. The fraction of sp³-hybridized carbons (Fsp3) is 0.517. The van der Waals surface area contributed by atoms with Gasteiger partial charge in [0.1, 0.15) is 18.0 Å². The van der Waals surface area contributed by atoms with E-state index in [0.29, 0.717) is 46.4 Å². The highest BCUT2D eigenvalue weighted by Crippen LogP contribution is 2.33. The summed E-state index contributed by atoms with van der Waals surface area (Å²) in [4.78, 5) is 16.5. The number of amides is 1. The van der Waals surface area contributed by atoms with Crippen molar-refractivity contribution >= 4 is 46.9 Å². The molecule has 3 aliphatic rings. The molecule has 0 spiro atoms. The van der Waals surface area contributed by atoms with Gasteiger partial charge in [0, 0.05) is 47.8 Å². The standard InChI is InChI=1S/C29H34ClFN4O3S2/c30-26-14-25(40-34-29(36)27-3-1-2-12-37-27)13-19(15-32)28(26)33-21(18-39-24-8-4-20(31)5-9-24)10-11-35-16-23(17-35)38-22-6-7-22/h4-5,8-9,13-14,21-23,27,33H,1-3,6-7,10-12,16-18H2,(H,34,36). The van der Waals surface area contributed by atoms with Crippen LogP contribution in [0.2, 0.25) is 5.02 Å². The Labute approximate surface area is 248 Å². The third-order valence-electron chi connectivity index (χ3n) is 7.17. The van der Waals surface area contributed by atoms with Crippen LogP contribution in [0.25, 0.3) is 0 Å². The fourth-order valence-electron chi connectivity index (χ4n) is 4.73. The fourth-order valence-corrected chi connectivity index (χ4v) is 6.75. The lowest BCUT2D eigenvalue weighted by molar-refractivity contribution is -0.133. The van der Waals surface area contributed by atoms with Crippen LogP contribution in [0.4, 0.5) is 10.1 Å². The number of rotatable bonds is 13. The number of benzene rings is 2. The zero-order chi connectivity index (χ0) is 27.9. The number of hydrogen-bond acceptors (Lipinski definition) is 8. The van der Waals surface area contributed by atoms with E-state index in [1.165, 1.54) is 25.0 Å². The number of anilines is 1. The second-order valence-corrected chi connectivity index (χ2v) is 12.9. The smallest absolute Gasteiger partial charge is 0.259 e. The van der Waals surface area contributed by atoms with Crippen molar-refractivity contribution in [2.45, 2.75) is 72.7 Å². The van der Waals surface area contributed by atoms with Crippen molar-refractivity contribution < 1.29 is 18.7 Å². The van der Waals surface area contributed by atoms with E-state index in [9.17, 15) is 14.4 Å². The SMILES string of the molecule is N#Cc1cc(SNC(=O)C2CCCCO2)cc(Cl)c1NC(CCN1CC(OC2CC2)C1)CSc1ccc(F)cc1. The molecule has 2 aromatic carbocycles. The molecule has 2 aromatic rings. The summed E-state index contributed by atoms with van der Waals surface area (Å²) >= 11 is 9.47. The van der Waals surface area contributed by atoms with E-state index in [0.717, 1.165) is 61.5 Å². The minimum absolute atomic E-state index is 0.0182. The van der Waals surface area contributed by atoms with Gasteiger partial charge >= 0.3 is 0 Å². The predicted molar refractivity (Wildman–Crippen MR) is 157 cm³/mol. The van der Waals surface area contributed by atoms with Crippen LogP contribution in [-0.2, 0) is 14.3 Å². The number of hydrogen-bond donors (Lipinski definition) is 2. The van der Waals surface area contributed by atoms with Crippen LogP contribution < -0.4 is 10.0 Å². The van der Waals surface area contributed by atoms with Gasteiger partial charge in [0.2, 0.25) is 0 Å². The lowest BCUT2D eigenvalue weighted by atomic mass is 10.1. The molecule has 214 valence electrons. The third-order valence-corrected chi connectivity index (χ3v) is 9.41. The number of nitrogens with zero attached hydrogens (tertiary/aromatic N) is 2. The first-order valence-electron chi connectivity index (χ1n) is 13.8. The summed E-state index contributed by atoms with van der Waals surface area (Å²) in [5, 5.41) is 13.9. The number of carbonyl (C=O) groups excluding carboxylic acids is 1. The van der Waals surface area contributed by atoms with E-state index in [1.54, 1.807) is 36.0 Å². The monoisotopic (exact) mass is 604 g/mol. The molecule has 2 saturated heterocycles. The van der Waals surface area contributed by atoms with Crippen molar-refractivity contribution in [3.05, 3.63) is 52.8 Å². The largest absolute Gasteiger partial charge is 0.379 e. The van der Waals surface area contributed by atoms with Crippen LogP contribution in [0, 0.1) is 17.1 Å². The number of ether oxygens (including phenoxy) is 2. The van der Waals surface area contributed by atoms with Gasteiger partial charge in [-0.1, -0.05) is 11.6 Å². The molecule has 2 unspecified atom stereocenters. The van der Waals surface area contributed by atoms with Crippen molar-refractivity contribution in [1.29, 1.82) is 5.26 Å². The van der Waals surface area contributed by atoms with Crippen molar-refractivity contribution in [2.75, 3.05) is 37.3 Å². The lowest BCUT2D eigenvalue weighted by Gasteiger charge is -2.39. The Hall–Kier alpha value is -2.00. The van der Waals surface area contributed by atoms with Gasteiger partial charge in [-0.25, -0.2) is 4.39 Å². The maximum atomic E-state index is 13.4. The van der Waals surface area contributed by atoms with Crippen LogP contribution in [0.1, 0.15) is 44.1 Å². The number of thioether (sulfide) groups is 1. The predicted octanol–water partition coefficient (Wildman–Crippen LogP) is 5.87. The first kappa shape index (κ1) is 29.5. The van der Waals surface area contributed by atoms with Crippen LogP contribution >= 0.6 is 35.3 Å². The second-order valence-electron chi connectivity index (χ2n) is 10.5. The Morgan fingerprint density at radius 1 is 1.18 bits per heavy atom. The van der Waals surface area contributed by atoms with Crippen molar-refractivity contribution in [1.82, 2.24) is 9.62 Å². The normalized spacial score (nSPS) is 20.4. The van der Waals surface area contributed by atoms with E-state index in [-0.39, 0.29) is 17.8 Å². The molecule has 0 bridgehead atoms. The zero-order valence-electron chi connectivity index (χ0n) is 22.2. The topological polar surface area (TPSA) is 86.6 Å². The molecular formula is C29H34ClFN4O3S2. The Morgan fingerprint density at radius 2 is 1.98 bits per heavy atom. The summed E-state index contributed by atoms with van der Waals surface area (Å²) in [5.74, 6) is 0.289. The van der Waals surface area contributed by atoms with E-state index in [4.69, 9.17) is 21.1 Å². The van der Waals surface area contributed by atoms with Gasteiger partial charge in [0.25, 0.3) is 5.91 Å². The van der Waals surface area contributed by atoms with Crippen molar-refractivity contribution in [3.8, 4) is 6.07 Å². The number of carbonyl (C=O) groups is 1. The number of likely N-dealkylation sites (tertiary alicyclic amines) is 1. The van der Waals surface area contributed by atoms with Crippen molar-refractivity contribution in [2.24, 2.45) is 0 Å². The summed E-state index contributed by atoms with van der Waals surface area (Å²) in [6, 6.07) is 12.3. The van der Waals surface area contributed by atoms with Crippen LogP contribution in [0.3, 0.4) is 0 Å². The molecule has 1 amide bonds. The van der Waals surface area contributed by atoms with Gasteiger partial charge in [-0.05, 0) is 86.9 Å². The van der Waals surface area contributed by atoms with Crippen LogP contribution in [0.15, 0.2) is 46.2 Å². The lowest BCUT2D eigenvalue weighted by Crippen LogP contribution is -2.53. The number of nitriles is 1. The van der Waals surface area contributed by atoms with Gasteiger partial charge < -0.3 is 14.8 Å². The first-order chi connectivity index (χ1) is 19.5. The summed E-state index contributed by atoms with van der Waals surface area (Å²) < 4.78 is 27.8. The molecule has 5 rings (SSSR count). The van der Waals surface area contributed by atoms with Gasteiger partial charge in [-0.15, -0.1) is 11.8 Å². The maximum absolute atomic E-state index is 13.4. The van der Waals surface area contributed by atoms with Gasteiger partial charge in [0.05, 0.1) is 28.5 Å². The first-order valence-corrected chi connectivity index (χ1v) is 16.0. The van der Waals surface area contributed by atoms with Crippen LogP contribution in [-0.4, -0.2) is 67.2 Å². The molecule has 2 atom stereocenters. The molecule has 3 fully saturated rings. The molecule has 2 aliphatic heterocycles. The molecule has 40 heavy (non-hydrogen) atoms. The van der Waals surface area contributed by atoms with Crippen molar-refractivity contribution in [3.63, 3.8) is 0 Å². The molecular weight excluding hydrogens is 571 g/mol. The number of nitrogens with one attached hydrogen (secondary N) is 2. The quantitative estimate of drug-likeness (QED) is 0.217. The van der Waals surface area contributed by atoms with E-state index in [1.807, 2.05) is 0 Å². The highest BCUT2D eigenvalue weighted by Gasteiger charge is 2.33. The molecule has 1 aliphatic carbocycles. The zero-order valence-corrected chi connectivity index (χ0v) is 24.6. The molecule has 1 saturated carbocycles.